The third-order valence-corrected chi connectivity index (χ3v) is 5.10. The van der Waals surface area contributed by atoms with Crippen LogP contribution in [0.4, 0.5) is 16.0 Å². The van der Waals surface area contributed by atoms with Gasteiger partial charge in [-0.3, -0.25) is 9.59 Å². The fourth-order valence-corrected chi connectivity index (χ4v) is 3.26. The Morgan fingerprint density at radius 1 is 1.10 bits per heavy atom. The SMILES string of the molecule is CC(C)c1ccc(NC(=O)C(=O)NCC2CCN(c3ncc(F)cn3)CC2)cc1. The summed E-state index contributed by atoms with van der Waals surface area (Å²) in [4.78, 5) is 34.2. The number of benzene rings is 1. The van der Waals surface area contributed by atoms with Gasteiger partial charge in [-0.25, -0.2) is 14.4 Å². The minimum atomic E-state index is -0.667. The average molecular weight is 399 g/mol. The van der Waals surface area contributed by atoms with Crippen molar-refractivity contribution in [2.45, 2.75) is 32.6 Å². The highest BCUT2D eigenvalue weighted by Gasteiger charge is 2.22. The minimum Gasteiger partial charge on any atom is -0.348 e. The number of carbonyl (C=O) groups excluding carboxylic acids is 2. The maximum absolute atomic E-state index is 12.9. The van der Waals surface area contributed by atoms with Gasteiger partial charge in [0.1, 0.15) is 0 Å². The van der Waals surface area contributed by atoms with Crippen molar-refractivity contribution in [3.05, 3.63) is 48.0 Å². The van der Waals surface area contributed by atoms with Crippen molar-refractivity contribution in [3.8, 4) is 0 Å². The zero-order valence-electron chi connectivity index (χ0n) is 16.7. The molecule has 1 aromatic heterocycles. The van der Waals surface area contributed by atoms with Crippen LogP contribution in [-0.4, -0.2) is 41.4 Å². The quantitative estimate of drug-likeness (QED) is 0.755. The molecule has 3 rings (SSSR count). The van der Waals surface area contributed by atoms with Gasteiger partial charge >= 0.3 is 11.8 Å². The lowest BCUT2D eigenvalue weighted by Gasteiger charge is -2.31. The summed E-state index contributed by atoms with van der Waals surface area (Å²) in [5.41, 5.74) is 1.77. The van der Waals surface area contributed by atoms with Crippen LogP contribution in [0, 0.1) is 11.7 Å². The lowest BCUT2D eigenvalue weighted by molar-refractivity contribution is -0.136. The van der Waals surface area contributed by atoms with Gasteiger partial charge in [0.25, 0.3) is 0 Å². The molecule has 0 atom stereocenters. The molecule has 2 N–H and O–H groups in total. The highest BCUT2D eigenvalue weighted by Crippen LogP contribution is 2.20. The van der Waals surface area contributed by atoms with Gasteiger partial charge in [0.2, 0.25) is 5.95 Å². The Labute approximate surface area is 169 Å². The zero-order chi connectivity index (χ0) is 20.8. The lowest BCUT2D eigenvalue weighted by atomic mass is 9.97. The molecule has 2 aromatic rings. The van der Waals surface area contributed by atoms with Gasteiger partial charge in [0.15, 0.2) is 5.82 Å². The first-order valence-electron chi connectivity index (χ1n) is 9.84. The Morgan fingerprint density at radius 3 is 2.31 bits per heavy atom. The molecule has 0 spiro atoms. The summed E-state index contributed by atoms with van der Waals surface area (Å²) in [6, 6.07) is 7.48. The number of carbonyl (C=O) groups is 2. The molecule has 2 heterocycles. The van der Waals surface area contributed by atoms with Gasteiger partial charge < -0.3 is 15.5 Å². The number of nitrogens with one attached hydrogen (secondary N) is 2. The molecule has 1 saturated heterocycles. The largest absolute Gasteiger partial charge is 0.348 e. The summed E-state index contributed by atoms with van der Waals surface area (Å²) < 4.78 is 12.9. The van der Waals surface area contributed by atoms with Crippen molar-refractivity contribution in [1.29, 1.82) is 0 Å². The number of halogens is 1. The second-order valence-electron chi connectivity index (χ2n) is 7.57. The number of aromatic nitrogens is 2. The molecule has 0 unspecified atom stereocenters. The first-order chi connectivity index (χ1) is 13.9. The van der Waals surface area contributed by atoms with E-state index < -0.39 is 17.6 Å². The second kappa shape index (κ2) is 9.45. The Bertz CT molecular complexity index is 831. The van der Waals surface area contributed by atoms with E-state index >= 15 is 0 Å². The Hall–Kier alpha value is -3.03. The van der Waals surface area contributed by atoms with Crippen LogP contribution in [0.2, 0.25) is 0 Å². The molecule has 1 aromatic carbocycles. The van der Waals surface area contributed by atoms with Crippen molar-refractivity contribution < 1.29 is 14.0 Å². The zero-order valence-corrected chi connectivity index (χ0v) is 16.7. The van der Waals surface area contributed by atoms with E-state index in [4.69, 9.17) is 0 Å². The van der Waals surface area contributed by atoms with Crippen LogP contribution in [0.15, 0.2) is 36.7 Å². The predicted molar refractivity (Wildman–Crippen MR) is 109 cm³/mol. The normalized spacial score (nSPS) is 14.7. The van der Waals surface area contributed by atoms with Crippen LogP contribution in [0.25, 0.3) is 0 Å². The molecule has 0 bridgehead atoms. The van der Waals surface area contributed by atoms with Gasteiger partial charge in [-0.05, 0) is 42.4 Å². The predicted octanol–water partition coefficient (Wildman–Crippen LogP) is 2.71. The Kier molecular flexibility index (Phi) is 6.74. The van der Waals surface area contributed by atoms with Gasteiger partial charge in [0.05, 0.1) is 12.4 Å². The monoisotopic (exact) mass is 399 g/mol. The first-order valence-corrected chi connectivity index (χ1v) is 9.84. The molecule has 2 amide bonds. The van der Waals surface area contributed by atoms with Crippen molar-refractivity contribution >= 4 is 23.5 Å². The van der Waals surface area contributed by atoms with Gasteiger partial charge in [-0.1, -0.05) is 26.0 Å². The van der Waals surface area contributed by atoms with Crippen LogP contribution in [0.1, 0.15) is 38.2 Å². The number of nitrogens with zero attached hydrogens (tertiary/aromatic N) is 3. The van der Waals surface area contributed by atoms with E-state index in [-0.39, 0.29) is 5.92 Å². The van der Waals surface area contributed by atoms with E-state index in [2.05, 4.69) is 34.4 Å². The van der Waals surface area contributed by atoms with E-state index in [9.17, 15) is 14.0 Å². The van der Waals surface area contributed by atoms with Gasteiger partial charge in [-0.15, -0.1) is 0 Å². The summed E-state index contributed by atoms with van der Waals surface area (Å²) in [5.74, 6) is -0.572. The van der Waals surface area contributed by atoms with Crippen LogP contribution in [0.5, 0.6) is 0 Å². The lowest BCUT2D eigenvalue weighted by Crippen LogP contribution is -2.42. The standard InChI is InChI=1S/C21H26FN5O2/c1-14(2)16-3-5-18(6-4-16)26-20(29)19(28)23-11-15-7-9-27(10-8-15)21-24-12-17(22)13-25-21/h3-6,12-15H,7-11H2,1-2H3,(H,23,28)(H,26,29). The van der Waals surface area contributed by atoms with E-state index in [1.165, 1.54) is 5.56 Å². The van der Waals surface area contributed by atoms with Crippen molar-refractivity contribution in [2.24, 2.45) is 5.92 Å². The number of rotatable bonds is 5. The number of piperidine rings is 1. The Morgan fingerprint density at radius 2 is 1.72 bits per heavy atom. The topological polar surface area (TPSA) is 87.2 Å². The molecule has 8 heteroatoms. The molecule has 0 aliphatic carbocycles. The molecule has 29 heavy (non-hydrogen) atoms. The maximum atomic E-state index is 12.9. The van der Waals surface area contributed by atoms with E-state index in [0.29, 0.717) is 24.1 Å². The minimum absolute atomic E-state index is 0.272. The smallest absolute Gasteiger partial charge is 0.313 e. The number of hydrogen-bond donors (Lipinski definition) is 2. The molecule has 0 saturated carbocycles. The molecular formula is C21H26FN5O2. The van der Waals surface area contributed by atoms with Crippen LogP contribution in [-0.2, 0) is 9.59 Å². The second-order valence-corrected chi connectivity index (χ2v) is 7.57. The van der Waals surface area contributed by atoms with Gasteiger partial charge in [0, 0.05) is 25.3 Å². The first kappa shape index (κ1) is 20.7. The van der Waals surface area contributed by atoms with E-state index in [1.54, 1.807) is 12.1 Å². The summed E-state index contributed by atoms with van der Waals surface area (Å²) >= 11 is 0. The van der Waals surface area contributed by atoms with Crippen LogP contribution >= 0.6 is 0 Å². The molecular weight excluding hydrogens is 373 g/mol. The van der Waals surface area contributed by atoms with E-state index in [1.807, 2.05) is 17.0 Å². The third kappa shape index (κ3) is 5.73. The maximum Gasteiger partial charge on any atom is 0.313 e. The van der Waals surface area contributed by atoms with Crippen LogP contribution < -0.4 is 15.5 Å². The number of anilines is 2. The summed E-state index contributed by atoms with van der Waals surface area (Å²) in [5, 5.41) is 5.34. The van der Waals surface area contributed by atoms with Crippen molar-refractivity contribution in [3.63, 3.8) is 0 Å². The third-order valence-electron chi connectivity index (χ3n) is 5.10. The molecule has 7 nitrogen and oxygen atoms in total. The Balaban J connectivity index is 1.41. The summed E-state index contributed by atoms with van der Waals surface area (Å²) in [6.07, 6.45) is 3.98. The fraction of sp³-hybridized carbons (Fsp3) is 0.429. The fourth-order valence-electron chi connectivity index (χ4n) is 3.26. The summed E-state index contributed by atoms with van der Waals surface area (Å²) in [7, 11) is 0. The van der Waals surface area contributed by atoms with Crippen molar-refractivity contribution in [2.75, 3.05) is 29.9 Å². The van der Waals surface area contributed by atoms with E-state index in [0.717, 1.165) is 38.3 Å². The molecule has 1 aliphatic rings. The highest BCUT2D eigenvalue weighted by molar-refractivity contribution is 6.39. The molecule has 1 aliphatic heterocycles. The average Bonchev–Trinajstić information content (AvgIpc) is 2.73. The van der Waals surface area contributed by atoms with Gasteiger partial charge in [-0.2, -0.15) is 0 Å². The molecule has 154 valence electrons. The highest BCUT2D eigenvalue weighted by atomic mass is 19.1. The summed E-state index contributed by atoms with van der Waals surface area (Å²) in [6.45, 7) is 6.08. The van der Waals surface area contributed by atoms with Crippen molar-refractivity contribution in [1.82, 2.24) is 15.3 Å². The number of hydrogen-bond acceptors (Lipinski definition) is 5. The molecule has 0 radical (unpaired) electrons. The molecule has 1 fully saturated rings. The number of amides is 2. The van der Waals surface area contributed by atoms with Crippen LogP contribution in [0.3, 0.4) is 0 Å².